The number of rotatable bonds is 6. The van der Waals surface area contributed by atoms with Gasteiger partial charge in [0, 0.05) is 12.1 Å². The maximum absolute atomic E-state index is 13.5. The first-order valence-electron chi connectivity index (χ1n) is 6.55. The Morgan fingerprint density at radius 2 is 2.19 bits per heavy atom. The number of methoxy groups -OCH3 is 1. The van der Waals surface area contributed by atoms with Crippen molar-refractivity contribution in [2.45, 2.75) is 18.9 Å². The van der Waals surface area contributed by atoms with Crippen LogP contribution in [-0.4, -0.2) is 41.6 Å². The highest BCUT2D eigenvalue weighted by Gasteiger charge is 2.32. The quantitative estimate of drug-likeness (QED) is 0.814. The second-order valence-corrected chi connectivity index (χ2v) is 4.82. The molecule has 112 valence electrons. The predicted molar refractivity (Wildman–Crippen MR) is 74.4 cm³/mol. The van der Waals surface area contributed by atoms with Crippen molar-refractivity contribution in [2.75, 3.05) is 13.7 Å². The molecule has 1 fully saturated rings. The summed E-state index contributed by atoms with van der Waals surface area (Å²) in [6.45, 7) is -0.315. The van der Waals surface area contributed by atoms with Crippen molar-refractivity contribution in [1.29, 1.82) is 0 Å². The molecule has 0 saturated heterocycles. The van der Waals surface area contributed by atoms with Crippen LogP contribution in [0.1, 0.15) is 18.4 Å². The Kier molecular flexibility index (Phi) is 4.57. The molecule has 1 aliphatic rings. The van der Waals surface area contributed by atoms with E-state index in [2.05, 4.69) is 0 Å². The van der Waals surface area contributed by atoms with Crippen LogP contribution < -0.4 is 4.74 Å². The summed E-state index contributed by atoms with van der Waals surface area (Å²) in [5.74, 6) is -1.81. The van der Waals surface area contributed by atoms with Crippen molar-refractivity contribution in [3.8, 4) is 5.75 Å². The molecule has 0 heterocycles. The summed E-state index contributed by atoms with van der Waals surface area (Å²) in [5, 5.41) is 8.81. The van der Waals surface area contributed by atoms with E-state index in [0.29, 0.717) is 5.56 Å². The lowest BCUT2D eigenvalue weighted by atomic mass is 10.2. The highest BCUT2D eigenvalue weighted by molar-refractivity contribution is 5.94. The highest BCUT2D eigenvalue weighted by atomic mass is 19.1. The molecular weight excluding hydrogens is 277 g/mol. The molecule has 1 N–H and O–H groups in total. The number of carbonyl (C=O) groups is 2. The van der Waals surface area contributed by atoms with Gasteiger partial charge in [0.1, 0.15) is 6.54 Å². The molecule has 1 aromatic rings. The van der Waals surface area contributed by atoms with Crippen molar-refractivity contribution >= 4 is 18.0 Å². The zero-order valence-corrected chi connectivity index (χ0v) is 11.6. The number of halogens is 1. The van der Waals surface area contributed by atoms with Crippen LogP contribution in [0.15, 0.2) is 24.3 Å². The third-order valence-corrected chi connectivity index (χ3v) is 3.17. The molecule has 1 amide bonds. The minimum atomic E-state index is -1.04. The van der Waals surface area contributed by atoms with E-state index in [1.165, 1.54) is 36.3 Å². The monoisotopic (exact) mass is 293 g/mol. The van der Waals surface area contributed by atoms with Crippen LogP contribution >= 0.6 is 0 Å². The Balaban J connectivity index is 2.06. The van der Waals surface area contributed by atoms with E-state index in [-0.39, 0.29) is 24.2 Å². The lowest BCUT2D eigenvalue weighted by Crippen LogP contribution is -2.36. The van der Waals surface area contributed by atoms with E-state index in [4.69, 9.17) is 9.84 Å². The number of carbonyl (C=O) groups excluding carboxylic acids is 1. The van der Waals surface area contributed by atoms with E-state index in [1.807, 2.05) is 0 Å². The van der Waals surface area contributed by atoms with E-state index < -0.39 is 11.8 Å². The summed E-state index contributed by atoms with van der Waals surface area (Å²) in [5.41, 5.74) is 0.507. The van der Waals surface area contributed by atoms with E-state index >= 15 is 0 Å². The molecule has 0 radical (unpaired) electrons. The average molecular weight is 293 g/mol. The topological polar surface area (TPSA) is 66.8 Å². The Hall–Kier alpha value is -2.37. The van der Waals surface area contributed by atoms with Crippen LogP contribution in [-0.2, 0) is 9.59 Å². The van der Waals surface area contributed by atoms with Crippen molar-refractivity contribution in [2.24, 2.45) is 0 Å². The Morgan fingerprint density at radius 3 is 2.71 bits per heavy atom. The van der Waals surface area contributed by atoms with Gasteiger partial charge in [0.2, 0.25) is 5.91 Å². The maximum atomic E-state index is 13.5. The van der Waals surface area contributed by atoms with Gasteiger partial charge in [-0.2, -0.15) is 0 Å². The minimum Gasteiger partial charge on any atom is -0.494 e. The molecule has 1 aliphatic carbocycles. The molecular formula is C15H16FNO4. The molecule has 1 aromatic carbocycles. The zero-order valence-electron chi connectivity index (χ0n) is 11.6. The third-order valence-electron chi connectivity index (χ3n) is 3.17. The van der Waals surface area contributed by atoms with Crippen LogP contribution in [0.2, 0.25) is 0 Å². The fourth-order valence-corrected chi connectivity index (χ4v) is 1.97. The molecule has 0 bridgehead atoms. The summed E-state index contributed by atoms with van der Waals surface area (Å²) < 4.78 is 18.3. The summed E-state index contributed by atoms with van der Waals surface area (Å²) >= 11 is 0. The number of aliphatic carboxylic acids is 1. The highest BCUT2D eigenvalue weighted by Crippen LogP contribution is 2.27. The first-order valence-corrected chi connectivity index (χ1v) is 6.55. The van der Waals surface area contributed by atoms with Gasteiger partial charge in [0.25, 0.3) is 0 Å². The molecule has 0 spiro atoms. The number of benzene rings is 1. The molecule has 2 rings (SSSR count). The number of nitrogens with zero attached hydrogens (tertiary/aromatic N) is 1. The van der Waals surface area contributed by atoms with Crippen LogP contribution in [0.5, 0.6) is 5.75 Å². The number of carboxylic acids is 1. The summed E-state index contributed by atoms with van der Waals surface area (Å²) in [4.78, 5) is 24.1. The summed E-state index contributed by atoms with van der Waals surface area (Å²) in [6, 6.07) is 4.34. The lowest BCUT2D eigenvalue weighted by Gasteiger charge is -2.17. The second-order valence-electron chi connectivity index (χ2n) is 4.82. The SMILES string of the molecule is COc1ccc(/C=C\C(=O)N(CC(=O)O)C2CC2)cc1F. The Bertz CT molecular complexity index is 581. The fourth-order valence-electron chi connectivity index (χ4n) is 1.97. The molecule has 1 saturated carbocycles. The predicted octanol–water partition coefficient (Wildman–Crippen LogP) is 1.92. The average Bonchev–Trinajstić information content (AvgIpc) is 3.26. The second kappa shape index (κ2) is 6.39. The molecule has 0 aromatic heterocycles. The van der Waals surface area contributed by atoms with E-state index in [1.54, 1.807) is 6.07 Å². The standard InChI is InChI=1S/C15H16FNO4/c1-21-13-6-2-10(8-12(13)16)3-7-14(18)17(9-15(19)20)11-4-5-11/h2-3,6-8,11H,4-5,9H2,1H3,(H,19,20)/b7-3-. The maximum Gasteiger partial charge on any atom is 0.323 e. The van der Waals surface area contributed by atoms with Gasteiger partial charge in [-0.15, -0.1) is 0 Å². The molecule has 0 aliphatic heterocycles. The van der Waals surface area contributed by atoms with Crippen molar-refractivity contribution in [3.63, 3.8) is 0 Å². The molecule has 5 nitrogen and oxygen atoms in total. The fraction of sp³-hybridized carbons (Fsp3) is 0.333. The van der Waals surface area contributed by atoms with Gasteiger partial charge in [-0.05, 0) is 36.6 Å². The normalized spacial score (nSPS) is 14.2. The molecule has 6 heteroatoms. The van der Waals surface area contributed by atoms with Gasteiger partial charge in [-0.25, -0.2) is 4.39 Å². The van der Waals surface area contributed by atoms with Crippen LogP contribution in [0.3, 0.4) is 0 Å². The smallest absolute Gasteiger partial charge is 0.323 e. The van der Waals surface area contributed by atoms with Crippen LogP contribution in [0.25, 0.3) is 6.08 Å². The van der Waals surface area contributed by atoms with Gasteiger partial charge in [-0.3, -0.25) is 9.59 Å². The van der Waals surface area contributed by atoms with Crippen LogP contribution in [0.4, 0.5) is 4.39 Å². The number of carboxylic acid groups (broad SMARTS) is 1. The number of ether oxygens (including phenoxy) is 1. The lowest BCUT2D eigenvalue weighted by molar-refractivity contribution is -0.143. The largest absolute Gasteiger partial charge is 0.494 e. The molecule has 0 atom stereocenters. The number of amides is 1. The van der Waals surface area contributed by atoms with E-state index in [9.17, 15) is 14.0 Å². The van der Waals surface area contributed by atoms with E-state index in [0.717, 1.165) is 12.8 Å². The van der Waals surface area contributed by atoms with Crippen molar-refractivity contribution in [1.82, 2.24) is 4.90 Å². The zero-order chi connectivity index (χ0) is 15.4. The Morgan fingerprint density at radius 1 is 1.48 bits per heavy atom. The van der Waals surface area contributed by atoms with Gasteiger partial charge < -0.3 is 14.7 Å². The first kappa shape index (κ1) is 15.0. The molecule has 21 heavy (non-hydrogen) atoms. The molecule has 0 unspecified atom stereocenters. The first-order chi connectivity index (χ1) is 10.0. The van der Waals surface area contributed by atoms with Gasteiger partial charge in [0.05, 0.1) is 7.11 Å². The van der Waals surface area contributed by atoms with Gasteiger partial charge in [0.15, 0.2) is 11.6 Å². The van der Waals surface area contributed by atoms with Crippen LogP contribution in [0, 0.1) is 5.82 Å². The summed E-state index contributed by atoms with van der Waals surface area (Å²) in [6.07, 6.45) is 4.37. The summed E-state index contributed by atoms with van der Waals surface area (Å²) in [7, 11) is 1.37. The number of hydrogen-bond donors (Lipinski definition) is 1. The van der Waals surface area contributed by atoms with Crippen molar-refractivity contribution in [3.05, 3.63) is 35.7 Å². The van der Waals surface area contributed by atoms with Crippen molar-refractivity contribution < 1.29 is 23.8 Å². The van der Waals surface area contributed by atoms with Gasteiger partial charge >= 0.3 is 5.97 Å². The third kappa shape index (κ3) is 4.05. The Labute approximate surface area is 121 Å². The minimum absolute atomic E-state index is 0.00542. The number of hydrogen-bond acceptors (Lipinski definition) is 3. The van der Waals surface area contributed by atoms with Gasteiger partial charge in [-0.1, -0.05) is 6.07 Å².